The van der Waals surface area contributed by atoms with E-state index >= 15 is 0 Å². The number of benzene rings is 1. The molecule has 242 valence electrons. The van der Waals surface area contributed by atoms with Crippen LogP contribution in [0.5, 0.6) is 0 Å². The lowest BCUT2D eigenvalue weighted by Crippen LogP contribution is -2.58. The number of hydrogen-bond acceptors (Lipinski definition) is 5. The van der Waals surface area contributed by atoms with Crippen LogP contribution in [0.3, 0.4) is 0 Å². The second kappa shape index (κ2) is 11.8. The van der Waals surface area contributed by atoms with Crippen LogP contribution < -0.4 is 16.2 Å². The van der Waals surface area contributed by atoms with E-state index < -0.39 is 36.6 Å². The summed E-state index contributed by atoms with van der Waals surface area (Å²) in [6.45, 7) is 1.21. The maximum atomic E-state index is 14.8. The van der Waals surface area contributed by atoms with Gasteiger partial charge in [0.05, 0.1) is 18.1 Å². The first-order valence-electron chi connectivity index (χ1n) is 15.9. The minimum atomic E-state index is -2.98. The molecule has 0 unspecified atom stereocenters. The summed E-state index contributed by atoms with van der Waals surface area (Å²) in [6.07, 6.45) is 8.96. The molecule has 4 fully saturated rings. The number of halogens is 4. The molecule has 1 aliphatic heterocycles. The number of carbonyl (C=O) groups excluding carboxylic acids is 2. The van der Waals surface area contributed by atoms with Crippen LogP contribution in [0.4, 0.5) is 19.0 Å². The van der Waals surface area contributed by atoms with Gasteiger partial charge in [0.1, 0.15) is 17.2 Å². The molecule has 2 aromatic heterocycles. The summed E-state index contributed by atoms with van der Waals surface area (Å²) < 4.78 is 43.6. The average molecular weight is 654 g/mol. The molecule has 4 aliphatic rings. The average Bonchev–Trinajstić information content (AvgIpc) is 3.89. The van der Waals surface area contributed by atoms with Crippen LogP contribution in [0.15, 0.2) is 41.3 Å². The maximum Gasteiger partial charge on any atom is 0.282 e. The van der Waals surface area contributed by atoms with Crippen molar-refractivity contribution in [3.05, 3.63) is 80.1 Å². The molecular formula is C34H35ClF3N5O3. The van der Waals surface area contributed by atoms with Gasteiger partial charge in [0.25, 0.3) is 23.3 Å². The third-order valence-corrected chi connectivity index (χ3v) is 9.88. The molecule has 3 aliphatic carbocycles. The van der Waals surface area contributed by atoms with Gasteiger partial charge in [0, 0.05) is 42.0 Å². The zero-order valence-corrected chi connectivity index (χ0v) is 26.2. The minimum Gasteiger partial charge on any atom is -0.326 e. The van der Waals surface area contributed by atoms with Gasteiger partial charge in [-0.3, -0.25) is 14.4 Å². The number of nitrogens with one attached hydrogen (secondary N) is 2. The van der Waals surface area contributed by atoms with E-state index in [0.717, 1.165) is 48.3 Å². The summed E-state index contributed by atoms with van der Waals surface area (Å²) in [5.41, 5.74) is 1.57. The van der Waals surface area contributed by atoms with Crippen LogP contribution >= 0.6 is 11.6 Å². The summed E-state index contributed by atoms with van der Waals surface area (Å²) in [4.78, 5) is 46.0. The Morgan fingerprint density at radius 2 is 1.78 bits per heavy atom. The molecule has 0 spiro atoms. The molecule has 7 rings (SSSR count). The van der Waals surface area contributed by atoms with Gasteiger partial charge >= 0.3 is 0 Å². The molecule has 3 heterocycles. The maximum absolute atomic E-state index is 14.8. The van der Waals surface area contributed by atoms with E-state index in [4.69, 9.17) is 11.6 Å². The number of nitrogens with zero attached hydrogens (tertiary/aromatic N) is 3. The van der Waals surface area contributed by atoms with Gasteiger partial charge in [-0.1, -0.05) is 18.0 Å². The Bertz CT molecular complexity index is 1780. The molecule has 1 atom stereocenters. The highest BCUT2D eigenvalue weighted by Gasteiger charge is 2.47. The largest absolute Gasteiger partial charge is 0.326 e. The van der Waals surface area contributed by atoms with Crippen LogP contribution in [0.25, 0.3) is 11.1 Å². The van der Waals surface area contributed by atoms with E-state index in [1.165, 1.54) is 25.3 Å². The predicted molar refractivity (Wildman–Crippen MR) is 168 cm³/mol. The Labute approximate surface area is 269 Å². The van der Waals surface area contributed by atoms with Crippen LogP contribution in [0.2, 0.25) is 5.02 Å². The van der Waals surface area contributed by atoms with Gasteiger partial charge < -0.3 is 20.1 Å². The predicted octanol–water partition coefficient (Wildman–Crippen LogP) is 6.54. The lowest BCUT2D eigenvalue weighted by molar-refractivity contribution is -0.113. The summed E-state index contributed by atoms with van der Waals surface area (Å²) in [5, 5.41) is 6.01. The van der Waals surface area contributed by atoms with E-state index in [0.29, 0.717) is 29.8 Å². The van der Waals surface area contributed by atoms with E-state index in [-0.39, 0.29) is 45.0 Å². The number of rotatable bonds is 10. The van der Waals surface area contributed by atoms with Crippen LogP contribution in [0.1, 0.15) is 95.8 Å². The number of alkyl halides is 2. The first-order chi connectivity index (χ1) is 22.0. The fourth-order valence-corrected chi connectivity index (χ4v) is 6.43. The van der Waals surface area contributed by atoms with E-state index in [1.54, 1.807) is 16.7 Å². The Morgan fingerprint density at radius 3 is 2.41 bits per heavy atom. The minimum absolute atomic E-state index is 0.00483. The zero-order chi connectivity index (χ0) is 32.3. The van der Waals surface area contributed by atoms with Gasteiger partial charge in [-0.05, 0) is 98.4 Å². The second-order valence-electron chi connectivity index (χ2n) is 13.3. The third kappa shape index (κ3) is 6.31. The van der Waals surface area contributed by atoms with Crippen molar-refractivity contribution in [2.75, 3.05) is 18.4 Å². The van der Waals surface area contributed by atoms with E-state index in [9.17, 15) is 27.6 Å². The normalized spacial score (nSPS) is 19.7. The standard InChI is InChI=1S/C34H35ClF3N5O3/c1-18(20-3-2-4-20)39-14-19-9-26(33(46)43(15-19)23-7-8-23)31(44)41-30-11-22(10-29(40-30)21-5-6-21)24-13-28(36)27(35)12-25(24)32(45)42-16-34(37,38)17-42/h9-13,15,18,20-21,23,39H,2-8,14,16-17H2,1H3,(H,40,41,44)/t18-/m0/s1. The van der Waals surface area contributed by atoms with Crippen molar-refractivity contribution in [3.63, 3.8) is 0 Å². The van der Waals surface area contributed by atoms with Crippen LogP contribution in [-0.2, 0) is 6.54 Å². The van der Waals surface area contributed by atoms with E-state index in [1.807, 2.05) is 6.20 Å². The number of aromatic nitrogens is 2. The fraction of sp³-hybridized carbons (Fsp3) is 0.471. The first-order valence-corrected chi connectivity index (χ1v) is 16.3. The molecule has 3 aromatic rings. The van der Waals surface area contributed by atoms with Gasteiger partial charge in [-0.15, -0.1) is 0 Å². The smallest absolute Gasteiger partial charge is 0.282 e. The number of amides is 2. The second-order valence-corrected chi connectivity index (χ2v) is 13.7. The molecule has 2 amide bonds. The Balaban J connectivity index is 1.20. The lowest BCUT2D eigenvalue weighted by atomic mass is 9.80. The molecule has 1 saturated heterocycles. The molecule has 12 heteroatoms. The summed E-state index contributed by atoms with van der Waals surface area (Å²) in [6, 6.07) is 7.47. The Hall–Kier alpha value is -3.70. The highest BCUT2D eigenvalue weighted by atomic mass is 35.5. The van der Waals surface area contributed by atoms with Crippen LogP contribution in [0, 0.1) is 11.7 Å². The monoisotopic (exact) mass is 653 g/mol. The Kier molecular flexibility index (Phi) is 7.95. The number of carbonyl (C=O) groups is 2. The van der Waals surface area contributed by atoms with Crippen molar-refractivity contribution in [2.24, 2.45) is 5.92 Å². The Morgan fingerprint density at radius 1 is 1.04 bits per heavy atom. The molecule has 8 nitrogen and oxygen atoms in total. The quantitative estimate of drug-likeness (QED) is 0.259. The first kappa shape index (κ1) is 30.9. The molecule has 0 radical (unpaired) electrons. The van der Waals surface area contributed by atoms with Gasteiger partial charge in [-0.25, -0.2) is 18.2 Å². The highest BCUT2D eigenvalue weighted by molar-refractivity contribution is 6.31. The van der Waals surface area contributed by atoms with Crippen molar-refractivity contribution in [2.45, 2.75) is 82.3 Å². The van der Waals surface area contributed by atoms with E-state index in [2.05, 4.69) is 22.5 Å². The summed E-state index contributed by atoms with van der Waals surface area (Å²) >= 11 is 6.03. The third-order valence-electron chi connectivity index (χ3n) is 9.59. The fourth-order valence-electron chi connectivity index (χ4n) is 6.26. The topological polar surface area (TPSA) is 96.3 Å². The summed E-state index contributed by atoms with van der Waals surface area (Å²) in [5.74, 6) is -4.21. The molecule has 2 N–H and O–H groups in total. The van der Waals surface area contributed by atoms with Crippen molar-refractivity contribution < 1.29 is 22.8 Å². The number of hydrogen-bond donors (Lipinski definition) is 2. The number of pyridine rings is 2. The lowest BCUT2D eigenvalue weighted by Gasteiger charge is -2.39. The molecule has 1 aromatic carbocycles. The molecule has 3 saturated carbocycles. The molecule has 0 bridgehead atoms. The number of anilines is 1. The SMILES string of the molecule is C[C@H](NCc1cc(C(=O)Nc2cc(-c3cc(F)c(Cl)cc3C(=O)N3CC(F)(F)C3)cc(C3CC3)n2)c(=O)n(C2CC2)c1)C1CCC1. The van der Waals surface area contributed by atoms with Crippen molar-refractivity contribution in [1.82, 2.24) is 19.8 Å². The van der Waals surface area contributed by atoms with Gasteiger partial charge in [0.15, 0.2) is 0 Å². The summed E-state index contributed by atoms with van der Waals surface area (Å²) in [7, 11) is 0. The van der Waals surface area contributed by atoms with Gasteiger partial charge in [0.2, 0.25) is 0 Å². The number of likely N-dealkylation sites (tertiary alicyclic amines) is 1. The zero-order valence-electron chi connectivity index (χ0n) is 25.4. The molecular weight excluding hydrogens is 619 g/mol. The van der Waals surface area contributed by atoms with Crippen molar-refractivity contribution in [1.29, 1.82) is 0 Å². The van der Waals surface area contributed by atoms with Crippen LogP contribution in [-0.4, -0.2) is 51.3 Å². The molecule has 46 heavy (non-hydrogen) atoms. The van der Waals surface area contributed by atoms with Crippen molar-refractivity contribution >= 4 is 29.2 Å². The highest BCUT2D eigenvalue weighted by Crippen LogP contribution is 2.42. The van der Waals surface area contributed by atoms with Gasteiger partial charge in [-0.2, -0.15) is 0 Å². The van der Waals surface area contributed by atoms with Crippen molar-refractivity contribution in [3.8, 4) is 11.1 Å².